The molecule has 2 N–H and O–H groups in total. The molecule has 116 valence electrons. The third kappa shape index (κ3) is 3.77. The van der Waals surface area contributed by atoms with E-state index in [0.717, 1.165) is 4.88 Å². The quantitative estimate of drug-likeness (QED) is 0.775. The maximum absolute atomic E-state index is 12.3. The summed E-state index contributed by atoms with van der Waals surface area (Å²) in [6, 6.07) is 5.49. The fraction of sp³-hybridized carbons (Fsp3) is 0.214. The van der Waals surface area contributed by atoms with Crippen LogP contribution in [0.5, 0.6) is 0 Å². The normalized spacial score (nSPS) is 12.7. The largest absolute Gasteiger partial charge is 0.370 e. The van der Waals surface area contributed by atoms with E-state index in [4.69, 9.17) is 5.73 Å². The number of thiophene rings is 1. The third-order valence-electron chi connectivity index (χ3n) is 2.94. The Bertz CT molecular complexity index is 770. The van der Waals surface area contributed by atoms with Crippen molar-refractivity contribution >= 4 is 27.1 Å². The number of primary amides is 1. The third-order valence-corrected chi connectivity index (χ3v) is 5.78. The van der Waals surface area contributed by atoms with Crippen LogP contribution in [0.3, 0.4) is 0 Å². The highest BCUT2D eigenvalue weighted by Crippen LogP contribution is 2.26. The lowest BCUT2D eigenvalue weighted by Crippen LogP contribution is -2.22. The molecule has 2 aromatic heterocycles. The van der Waals surface area contributed by atoms with Gasteiger partial charge in [-0.05, 0) is 17.5 Å². The van der Waals surface area contributed by atoms with E-state index in [0.29, 0.717) is 5.69 Å². The van der Waals surface area contributed by atoms with E-state index in [1.54, 1.807) is 6.07 Å². The molecule has 0 aliphatic rings. The van der Waals surface area contributed by atoms with E-state index in [1.807, 2.05) is 17.5 Å². The Morgan fingerprint density at radius 3 is 2.82 bits per heavy atom. The summed E-state index contributed by atoms with van der Waals surface area (Å²) in [6.45, 7) is 3.55. The number of rotatable bonds is 7. The summed E-state index contributed by atoms with van der Waals surface area (Å²) in [4.78, 5) is 20.1. The predicted octanol–water partition coefficient (Wildman–Crippen LogP) is 1.72. The molecule has 1 unspecified atom stereocenters. The maximum Gasteiger partial charge on any atom is 0.218 e. The van der Waals surface area contributed by atoms with Gasteiger partial charge in [-0.25, -0.2) is 18.4 Å². The second-order valence-electron chi connectivity index (χ2n) is 4.52. The van der Waals surface area contributed by atoms with Crippen molar-refractivity contribution in [3.8, 4) is 10.6 Å². The molecule has 0 saturated heterocycles. The molecule has 0 fully saturated rings. The minimum Gasteiger partial charge on any atom is -0.370 e. The Labute approximate surface area is 132 Å². The Kier molecular flexibility index (Phi) is 5.04. The van der Waals surface area contributed by atoms with E-state index in [-0.39, 0.29) is 18.0 Å². The van der Waals surface area contributed by atoms with Crippen molar-refractivity contribution in [2.75, 3.05) is 5.75 Å². The molecule has 0 radical (unpaired) electrons. The fourth-order valence-electron chi connectivity index (χ4n) is 1.85. The van der Waals surface area contributed by atoms with Crippen LogP contribution < -0.4 is 5.73 Å². The van der Waals surface area contributed by atoms with Crippen molar-refractivity contribution in [2.45, 2.75) is 11.7 Å². The molecule has 0 aromatic carbocycles. The van der Waals surface area contributed by atoms with Crippen LogP contribution >= 0.6 is 11.3 Å². The van der Waals surface area contributed by atoms with Crippen molar-refractivity contribution in [3.63, 3.8) is 0 Å². The lowest BCUT2D eigenvalue weighted by molar-refractivity contribution is -0.117. The second kappa shape index (κ2) is 6.80. The summed E-state index contributed by atoms with van der Waals surface area (Å²) in [6.07, 6.45) is 2.54. The molecule has 0 aliphatic carbocycles. The van der Waals surface area contributed by atoms with E-state index >= 15 is 0 Å². The smallest absolute Gasteiger partial charge is 0.218 e. The van der Waals surface area contributed by atoms with Crippen LogP contribution in [0.4, 0.5) is 0 Å². The van der Waals surface area contributed by atoms with Crippen LogP contribution in [0.25, 0.3) is 10.6 Å². The van der Waals surface area contributed by atoms with E-state index < -0.39 is 21.0 Å². The Morgan fingerprint density at radius 1 is 1.45 bits per heavy atom. The number of carbonyl (C=O) groups is 1. The second-order valence-corrected chi connectivity index (χ2v) is 7.71. The molecule has 1 atom stereocenters. The van der Waals surface area contributed by atoms with Gasteiger partial charge < -0.3 is 5.73 Å². The van der Waals surface area contributed by atoms with Crippen LogP contribution in [0, 0.1) is 0 Å². The van der Waals surface area contributed by atoms with Crippen molar-refractivity contribution in [1.82, 2.24) is 9.97 Å². The van der Waals surface area contributed by atoms with Gasteiger partial charge in [-0.3, -0.25) is 4.79 Å². The lowest BCUT2D eigenvalue weighted by atomic mass is 10.3. The summed E-state index contributed by atoms with van der Waals surface area (Å²) in [7, 11) is -3.65. The van der Waals surface area contributed by atoms with Gasteiger partial charge in [0, 0.05) is 12.6 Å². The van der Waals surface area contributed by atoms with Crippen molar-refractivity contribution in [1.29, 1.82) is 0 Å². The molecular formula is C14H15N3O3S2. The van der Waals surface area contributed by atoms with Gasteiger partial charge in [0.15, 0.2) is 15.7 Å². The number of aromatic nitrogens is 2. The highest BCUT2D eigenvalue weighted by Gasteiger charge is 2.27. The Hall–Kier alpha value is -2.06. The molecule has 1 amide bonds. The standard InChI is InChI=1S/C14H15N3O3S2/c1-2-12(22(19,20)9-6-13(15)18)14-16-7-5-10(17-14)11-4-3-8-21-11/h2-5,7-8,12H,1,6,9H2,(H2,15,18). The van der Waals surface area contributed by atoms with Gasteiger partial charge >= 0.3 is 0 Å². The van der Waals surface area contributed by atoms with Crippen LogP contribution in [-0.2, 0) is 14.6 Å². The molecule has 0 saturated carbocycles. The zero-order valence-electron chi connectivity index (χ0n) is 11.7. The monoisotopic (exact) mass is 337 g/mol. The van der Waals surface area contributed by atoms with Gasteiger partial charge in [-0.1, -0.05) is 12.1 Å². The lowest BCUT2D eigenvalue weighted by Gasteiger charge is -2.12. The van der Waals surface area contributed by atoms with E-state index in [9.17, 15) is 13.2 Å². The zero-order chi connectivity index (χ0) is 16.2. The number of amides is 1. The number of carbonyl (C=O) groups excluding carboxylic acids is 1. The summed E-state index contributed by atoms with van der Waals surface area (Å²) >= 11 is 1.50. The summed E-state index contributed by atoms with van der Waals surface area (Å²) in [5.74, 6) is -0.879. The molecule has 22 heavy (non-hydrogen) atoms. The topological polar surface area (TPSA) is 103 Å². The van der Waals surface area contributed by atoms with Crippen LogP contribution in [-0.4, -0.2) is 30.0 Å². The molecule has 8 heteroatoms. The van der Waals surface area contributed by atoms with Gasteiger partial charge in [0.2, 0.25) is 5.91 Å². The molecular weight excluding hydrogens is 322 g/mol. The molecule has 0 bridgehead atoms. The van der Waals surface area contributed by atoms with Crippen molar-refractivity contribution < 1.29 is 13.2 Å². The van der Waals surface area contributed by atoms with E-state index in [1.165, 1.54) is 23.6 Å². The first-order chi connectivity index (χ1) is 10.4. The maximum atomic E-state index is 12.3. The number of hydrogen-bond acceptors (Lipinski definition) is 6. The molecule has 2 heterocycles. The van der Waals surface area contributed by atoms with Gasteiger partial charge in [0.05, 0.1) is 16.3 Å². The molecule has 2 aromatic rings. The minimum atomic E-state index is -3.65. The van der Waals surface area contributed by atoms with Gasteiger partial charge in [0.1, 0.15) is 5.25 Å². The fourth-order valence-corrected chi connectivity index (χ4v) is 4.02. The van der Waals surface area contributed by atoms with Gasteiger partial charge in [0.25, 0.3) is 0 Å². The number of sulfone groups is 1. The highest BCUT2D eigenvalue weighted by atomic mass is 32.2. The molecule has 0 aliphatic heterocycles. The number of nitrogens with zero attached hydrogens (tertiary/aromatic N) is 2. The summed E-state index contributed by atoms with van der Waals surface area (Å²) in [5.41, 5.74) is 5.66. The number of hydrogen-bond donors (Lipinski definition) is 1. The highest BCUT2D eigenvalue weighted by molar-refractivity contribution is 7.91. The molecule has 6 nitrogen and oxygen atoms in total. The van der Waals surface area contributed by atoms with Gasteiger partial charge in [-0.15, -0.1) is 17.9 Å². The Morgan fingerprint density at radius 2 is 2.23 bits per heavy atom. The zero-order valence-corrected chi connectivity index (χ0v) is 13.3. The van der Waals surface area contributed by atoms with Crippen LogP contribution in [0.2, 0.25) is 0 Å². The Balaban J connectivity index is 2.33. The first-order valence-electron chi connectivity index (χ1n) is 6.43. The van der Waals surface area contributed by atoms with Crippen molar-refractivity contribution in [2.24, 2.45) is 5.73 Å². The van der Waals surface area contributed by atoms with Crippen LogP contribution in [0.1, 0.15) is 17.5 Å². The molecule has 0 spiro atoms. The minimum absolute atomic E-state index is 0.144. The van der Waals surface area contributed by atoms with Crippen LogP contribution in [0.15, 0.2) is 42.4 Å². The predicted molar refractivity (Wildman–Crippen MR) is 85.9 cm³/mol. The van der Waals surface area contributed by atoms with Gasteiger partial charge in [-0.2, -0.15) is 0 Å². The SMILES string of the molecule is C=CC(c1nccc(-c2cccs2)n1)S(=O)(=O)CCC(N)=O. The summed E-state index contributed by atoms with van der Waals surface area (Å²) in [5, 5.41) is 0.845. The van der Waals surface area contributed by atoms with Crippen molar-refractivity contribution in [3.05, 3.63) is 48.3 Å². The van der Waals surface area contributed by atoms with E-state index in [2.05, 4.69) is 16.5 Å². The summed E-state index contributed by atoms with van der Waals surface area (Å²) < 4.78 is 24.6. The average molecular weight is 337 g/mol. The first-order valence-corrected chi connectivity index (χ1v) is 9.03. The average Bonchev–Trinajstić information content (AvgIpc) is 3.00. The molecule has 2 rings (SSSR count). The first kappa shape index (κ1) is 16.3. The number of nitrogens with two attached hydrogens (primary N) is 1.